The van der Waals surface area contributed by atoms with Crippen molar-refractivity contribution in [2.24, 2.45) is 0 Å². The second kappa shape index (κ2) is 4.52. The van der Waals surface area contributed by atoms with Crippen molar-refractivity contribution in [2.45, 2.75) is 20.4 Å². The monoisotopic (exact) mass is 191 g/mol. The van der Waals surface area contributed by atoms with Gasteiger partial charge >= 0.3 is 5.97 Å². The molecular weight excluding hydrogens is 178 g/mol. The fourth-order valence-corrected chi connectivity index (χ4v) is 1.25. The Morgan fingerprint density at radius 1 is 1.64 bits per heavy atom. The van der Waals surface area contributed by atoms with Crippen LogP contribution in [0.4, 0.5) is 0 Å². The summed E-state index contributed by atoms with van der Waals surface area (Å²) in [6.07, 6.45) is 5.21. The summed E-state index contributed by atoms with van der Waals surface area (Å²) in [7, 11) is 0. The summed E-state index contributed by atoms with van der Waals surface area (Å²) < 4.78 is 6.66. The van der Waals surface area contributed by atoms with Crippen LogP contribution in [0.25, 0.3) is 0 Å². The summed E-state index contributed by atoms with van der Waals surface area (Å²) >= 11 is 0. The SMILES string of the molecule is C#CCn1c(C)ccc1C(=O)OCC. The van der Waals surface area contributed by atoms with Crippen molar-refractivity contribution in [1.29, 1.82) is 0 Å². The van der Waals surface area contributed by atoms with E-state index in [9.17, 15) is 4.79 Å². The molecule has 0 amide bonds. The van der Waals surface area contributed by atoms with Crippen LogP contribution in [0.15, 0.2) is 12.1 Å². The molecule has 0 aliphatic rings. The number of rotatable bonds is 3. The van der Waals surface area contributed by atoms with Crippen molar-refractivity contribution in [1.82, 2.24) is 4.57 Å². The highest BCUT2D eigenvalue weighted by Crippen LogP contribution is 2.09. The van der Waals surface area contributed by atoms with Gasteiger partial charge in [0.2, 0.25) is 0 Å². The van der Waals surface area contributed by atoms with Crippen LogP contribution in [0.1, 0.15) is 23.1 Å². The van der Waals surface area contributed by atoms with Crippen molar-refractivity contribution in [2.75, 3.05) is 6.61 Å². The van der Waals surface area contributed by atoms with Gasteiger partial charge < -0.3 is 9.30 Å². The Morgan fingerprint density at radius 3 is 2.93 bits per heavy atom. The predicted molar refractivity (Wildman–Crippen MR) is 54.0 cm³/mol. The quantitative estimate of drug-likeness (QED) is 0.537. The van der Waals surface area contributed by atoms with Gasteiger partial charge in [0.1, 0.15) is 5.69 Å². The molecule has 1 aromatic heterocycles. The Balaban J connectivity index is 2.97. The number of esters is 1. The molecule has 0 aliphatic heterocycles. The van der Waals surface area contributed by atoms with E-state index in [0.29, 0.717) is 18.8 Å². The lowest BCUT2D eigenvalue weighted by atomic mass is 10.4. The standard InChI is InChI=1S/C11H13NO2/c1-4-8-12-9(3)6-7-10(12)11(13)14-5-2/h1,6-7H,5,8H2,2-3H3. The molecule has 0 saturated carbocycles. The lowest BCUT2D eigenvalue weighted by Gasteiger charge is -2.06. The van der Waals surface area contributed by atoms with Crippen LogP contribution in [-0.2, 0) is 11.3 Å². The van der Waals surface area contributed by atoms with Gasteiger partial charge in [0.25, 0.3) is 0 Å². The van der Waals surface area contributed by atoms with Crippen LogP contribution in [0.2, 0.25) is 0 Å². The summed E-state index contributed by atoms with van der Waals surface area (Å²) in [5.41, 5.74) is 1.48. The third-order valence-electron chi connectivity index (χ3n) is 1.93. The van der Waals surface area contributed by atoms with Gasteiger partial charge in [-0.15, -0.1) is 6.42 Å². The van der Waals surface area contributed by atoms with Crippen LogP contribution < -0.4 is 0 Å². The molecule has 1 heterocycles. The van der Waals surface area contributed by atoms with Gasteiger partial charge in [0, 0.05) is 5.69 Å². The minimum Gasteiger partial charge on any atom is -0.461 e. The smallest absolute Gasteiger partial charge is 0.354 e. The van der Waals surface area contributed by atoms with E-state index in [2.05, 4.69) is 5.92 Å². The molecule has 0 aromatic carbocycles. The van der Waals surface area contributed by atoms with E-state index >= 15 is 0 Å². The number of hydrogen-bond donors (Lipinski definition) is 0. The first kappa shape index (κ1) is 10.4. The zero-order chi connectivity index (χ0) is 10.6. The maximum atomic E-state index is 11.4. The number of aryl methyl sites for hydroxylation is 1. The van der Waals surface area contributed by atoms with Crippen molar-refractivity contribution >= 4 is 5.97 Å². The molecule has 14 heavy (non-hydrogen) atoms. The molecule has 0 fully saturated rings. The molecule has 0 spiro atoms. The first-order valence-electron chi connectivity index (χ1n) is 4.47. The lowest BCUT2D eigenvalue weighted by Crippen LogP contribution is -2.12. The topological polar surface area (TPSA) is 31.2 Å². The first-order chi connectivity index (χ1) is 6.70. The fraction of sp³-hybridized carbons (Fsp3) is 0.364. The molecule has 0 saturated heterocycles. The van der Waals surface area contributed by atoms with Gasteiger partial charge in [-0.05, 0) is 26.0 Å². The highest BCUT2D eigenvalue weighted by Gasteiger charge is 2.12. The average Bonchev–Trinajstić information content (AvgIpc) is 2.50. The second-order valence-electron chi connectivity index (χ2n) is 2.87. The number of hydrogen-bond acceptors (Lipinski definition) is 2. The van der Waals surface area contributed by atoms with E-state index < -0.39 is 0 Å². The summed E-state index contributed by atoms with van der Waals surface area (Å²) in [6.45, 7) is 4.45. The van der Waals surface area contributed by atoms with Crippen molar-refractivity contribution in [3.63, 3.8) is 0 Å². The van der Waals surface area contributed by atoms with E-state index in [1.807, 2.05) is 13.0 Å². The normalized spacial score (nSPS) is 9.50. The summed E-state index contributed by atoms with van der Waals surface area (Å²) in [5, 5.41) is 0. The van der Waals surface area contributed by atoms with Crippen LogP contribution in [0, 0.1) is 19.3 Å². The molecule has 3 nitrogen and oxygen atoms in total. The van der Waals surface area contributed by atoms with Crippen LogP contribution in [-0.4, -0.2) is 17.1 Å². The molecule has 0 atom stereocenters. The molecule has 0 bridgehead atoms. The summed E-state index contributed by atoms with van der Waals surface area (Å²) in [5.74, 6) is 2.18. The third-order valence-corrected chi connectivity index (χ3v) is 1.93. The van der Waals surface area contributed by atoms with Gasteiger partial charge in [-0.25, -0.2) is 4.79 Å². The highest BCUT2D eigenvalue weighted by atomic mass is 16.5. The molecule has 74 valence electrons. The predicted octanol–water partition coefficient (Wildman–Crippen LogP) is 1.61. The van der Waals surface area contributed by atoms with E-state index in [1.165, 1.54) is 0 Å². The third kappa shape index (κ3) is 1.97. The lowest BCUT2D eigenvalue weighted by molar-refractivity contribution is 0.0514. The van der Waals surface area contributed by atoms with E-state index in [0.717, 1.165) is 5.69 Å². The molecule has 1 rings (SSSR count). The number of ether oxygens (including phenoxy) is 1. The highest BCUT2D eigenvalue weighted by molar-refractivity contribution is 5.88. The summed E-state index contributed by atoms with van der Waals surface area (Å²) in [6, 6.07) is 3.58. The number of nitrogens with zero attached hydrogens (tertiary/aromatic N) is 1. The Bertz CT molecular complexity index is 371. The zero-order valence-electron chi connectivity index (χ0n) is 8.41. The largest absolute Gasteiger partial charge is 0.461 e. The molecule has 0 aliphatic carbocycles. The number of carbonyl (C=O) groups excluding carboxylic acids is 1. The van der Waals surface area contributed by atoms with Crippen LogP contribution >= 0.6 is 0 Å². The van der Waals surface area contributed by atoms with Gasteiger partial charge in [-0.1, -0.05) is 5.92 Å². The van der Waals surface area contributed by atoms with Crippen LogP contribution in [0.3, 0.4) is 0 Å². The zero-order valence-corrected chi connectivity index (χ0v) is 8.41. The molecule has 0 radical (unpaired) electrons. The Kier molecular flexibility index (Phi) is 3.35. The minimum atomic E-state index is -0.323. The molecule has 0 N–H and O–H groups in total. The van der Waals surface area contributed by atoms with Gasteiger partial charge in [0.05, 0.1) is 13.2 Å². The molecular formula is C11H13NO2. The van der Waals surface area contributed by atoms with E-state index in [4.69, 9.17) is 11.2 Å². The maximum Gasteiger partial charge on any atom is 0.354 e. The van der Waals surface area contributed by atoms with Gasteiger partial charge in [-0.2, -0.15) is 0 Å². The van der Waals surface area contributed by atoms with E-state index in [-0.39, 0.29) is 5.97 Å². The second-order valence-corrected chi connectivity index (χ2v) is 2.87. The van der Waals surface area contributed by atoms with Crippen LogP contribution in [0.5, 0.6) is 0 Å². The number of terminal acetylenes is 1. The Morgan fingerprint density at radius 2 is 2.36 bits per heavy atom. The Labute approximate surface area is 83.7 Å². The van der Waals surface area contributed by atoms with Gasteiger partial charge in [0.15, 0.2) is 0 Å². The fourth-order valence-electron chi connectivity index (χ4n) is 1.25. The first-order valence-corrected chi connectivity index (χ1v) is 4.47. The average molecular weight is 191 g/mol. The van der Waals surface area contributed by atoms with Crippen molar-refractivity contribution in [3.8, 4) is 12.3 Å². The molecule has 3 heteroatoms. The van der Waals surface area contributed by atoms with Crippen molar-refractivity contribution in [3.05, 3.63) is 23.5 Å². The molecule has 0 unspecified atom stereocenters. The van der Waals surface area contributed by atoms with Gasteiger partial charge in [-0.3, -0.25) is 0 Å². The Hall–Kier alpha value is -1.69. The minimum absolute atomic E-state index is 0.323. The van der Waals surface area contributed by atoms with Crippen molar-refractivity contribution < 1.29 is 9.53 Å². The van der Waals surface area contributed by atoms with E-state index in [1.54, 1.807) is 17.6 Å². The summed E-state index contributed by atoms with van der Waals surface area (Å²) in [4.78, 5) is 11.4. The number of aromatic nitrogens is 1. The maximum absolute atomic E-state index is 11.4. The number of carbonyl (C=O) groups is 1. The molecule has 1 aromatic rings.